The first kappa shape index (κ1) is 103. The van der Waals surface area contributed by atoms with Crippen molar-refractivity contribution >= 4 is 57.8 Å². The average molecular weight is 1910 g/mol. The fraction of sp³-hybridized carbons (Fsp3) is 0.730. The van der Waals surface area contributed by atoms with E-state index in [4.69, 9.17) is 0 Å². The molecule has 39 atom stereocenters. The van der Waals surface area contributed by atoms with Crippen LogP contribution in [0.5, 0.6) is 0 Å². The normalized spacial score (nSPS) is 51.8. The lowest BCUT2D eigenvalue weighted by Gasteiger charge is -2.62. The number of carbonyl (C=O) groups is 10. The summed E-state index contributed by atoms with van der Waals surface area (Å²) < 4.78 is 50.6. The average Bonchev–Trinajstić information content (AvgIpc) is 1.27. The quantitative estimate of drug-likeness (QED) is 0.0966. The highest BCUT2D eigenvalue weighted by molar-refractivity contribution is 6.04. The molecule has 0 bridgehead atoms. The van der Waals surface area contributed by atoms with E-state index in [0.717, 1.165) is 56.1 Å². The van der Waals surface area contributed by atoms with Gasteiger partial charge in [0.15, 0.2) is 74.8 Å². The smallest absolute Gasteiger partial charge is 0.190 e. The molecule has 15 saturated carbocycles. The second-order valence-electron chi connectivity index (χ2n) is 49.1. The van der Waals surface area contributed by atoms with Gasteiger partial charge in [0, 0.05) is 83.7 Å². The van der Waals surface area contributed by atoms with Crippen molar-refractivity contribution in [1.29, 1.82) is 0 Å². The summed E-state index contributed by atoms with van der Waals surface area (Å²) >= 11 is 0. The Morgan fingerprint density at radius 1 is 0.328 bits per heavy atom. The SMILES string of the molecule is C[C@@H]1C[C@H]2[C@@H]3CCC4=CC(=O)C=C[C@]4(C)[C@@]3(F)[C@@H](O)C[C@]2(C)[C@@]1(O)C(=O)CO.C[C@@H]1C[C@H]2[C@@H]3CCC4=CC(=O)C=C[C@]4(C)[C@@]3(F)[C@@H](O)C[C@]2(C)[C@@]1(O)C(=O)CO.C[C@H]1C[C@@H]2[C@H]([C@@H](O)C[C@@]3(C)[C@H]2CC[C@]3(C)C(=O)CO)[C@@]2(C)C=CC(=O)C=C12.C[C@H]1C[C@H]2[C@@H]3CCC4=CC(=O)C=C[C@]4(C)[C@@]3(F)[C@@H](O)C[C@]2(C)[C@@]1(O)C(=O)CO.C[C@]12C=CC(=O)C=C1CC[C@@H]1[C@@H]2[C@@H](O)C[C@@]2(C)[C@H]1CC[C@]2(C)C(=O)CO. The van der Waals surface area contributed by atoms with Gasteiger partial charge in [-0.2, -0.15) is 0 Å². The molecule has 20 rings (SSSR count). The summed E-state index contributed by atoms with van der Waals surface area (Å²) in [4.78, 5) is 122. The van der Waals surface area contributed by atoms with Gasteiger partial charge in [0.25, 0.3) is 0 Å². The van der Waals surface area contributed by atoms with Crippen molar-refractivity contribution < 1.29 is 128 Å². The molecule has 0 radical (unpaired) electrons. The zero-order valence-electron chi connectivity index (χ0n) is 82.7. The van der Waals surface area contributed by atoms with E-state index in [2.05, 4.69) is 34.6 Å². The number of carbonyl (C=O) groups excluding carboxylic acids is 10. The van der Waals surface area contributed by atoms with Crippen LogP contribution in [0.2, 0.25) is 0 Å². The third-order valence-electron chi connectivity index (χ3n) is 44.4. The lowest BCUT2D eigenvalue weighted by molar-refractivity contribution is -0.219. The first-order valence-corrected chi connectivity index (χ1v) is 50.7. The lowest BCUT2D eigenvalue weighted by Crippen LogP contribution is -2.69. The Hall–Kier alpha value is -6.63. The van der Waals surface area contributed by atoms with Crippen LogP contribution < -0.4 is 0 Å². The number of halogens is 3. The molecule has 20 aliphatic rings. The molecule has 0 aromatic carbocycles. The Bertz CT molecular complexity index is 5070. The van der Waals surface area contributed by atoms with E-state index in [1.54, 1.807) is 105 Å². The Morgan fingerprint density at radius 3 is 0.942 bits per heavy atom. The molecule has 0 heterocycles. The molecule has 0 unspecified atom stereocenters. The number of hydrogen-bond donors (Lipinski definition) is 13. The predicted molar refractivity (Wildman–Crippen MR) is 501 cm³/mol. The van der Waals surface area contributed by atoms with Crippen LogP contribution in [0.4, 0.5) is 13.2 Å². The van der Waals surface area contributed by atoms with Gasteiger partial charge in [0.1, 0.15) is 49.8 Å². The maximum absolute atomic E-state index is 16.9. The van der Waals surface area contributed by atoms with Crippen LogP contribution in [0.25, 0.3) is 0 Å². The summed E-state index contributed by atoms with van der Waals surface area (Å²) in [5.41, 5.74) is -15.5. The molecule has 26 heteroatoms. The van der Waals surface area contributed by atoms with E-state index in [-0.39, 0.29) is 111 Å². The van der Waals surface area contributed by atoms with Crippen molar-refractivity contribution in [3.8, 4) is 0 Å². The van der Waals surface area contributed by atoms with E-state index >= 15 is 13.2 Å². The minimum atomic E-state index is -1.98. The van der Waals surface area contributed by atoms with Gasteiger partial charge < -0.3 is 66.4 Å². The molecule has 0 saturated heterocycles. The number of allylic oxidation sites excluding steroid dienone is 20. The van der Waals surface area contributed by atoms with Gasteiger partial charge in [0.2, 0.25) is 0 Å². The number of rotatable bonds is 10. The monoisotopic (exact) mass is 1910 g/mol. The largest absolute Gasteiger partial charge is 0.393 e. The summed E-state index contributed by atoms with van der Waals surface area (Å²) in [5.74, 6) is -4.57. The van der Waals surface area contributed by atoms with E-state index in [1.165, 1.54) is 36.5 Å². The van der Waals surface area contributed by atoms with E-state index in [9.17, 15) is 114 Å². The number of fused-ring (bicyclic) bond motifs is 25. The first-order chi connectivity index (χ1) is 63.6. The van der Waals surface area contributed by atoms with Gasteiger partial charge >= 0.3 is 0 Å². The Kier molecular flexibility index (Phi) is 25.6. The Morgan fingerprint density at radius 2 is 0.613 bits per heavy atom. The molecule has 752 valence electrons. The molecule has 15 fully saturated rings. The zero-order valence-corrected chi connectivity index (χ0v) is 82.7. The highest BCUT2D eigenvalue weighted by Gasteiger charge is 2.81. The molecule has 0 aromatic heterocycles. The highest BCUT2D eigenvalue weighted by atomic mass is 19.2. The summed E-state index contributed by atoms with van der Waals surface area (Å²) in [5, 5.41) is 138. The number of Topliss-reactive ketones (excluding diaryl/α,β-unsaturated/α-hetero) is 5. The van der Waals surface area contributed by atoms with Crippen molar-refractivity contribution in [3.63, 3.8) is 0 Å². The minimum Gasteiger partial charge on any atom is -0.393 e. The molecular formula is C111H149F3O23. The number of alkyl halides is 3. The predicted octanol–water partition coefficient (Wildman–Crippen LogP) is 11.6. The maximum atomic E-state index is 16.9. The van der Waals surface area contributed by atoms with Crippen molar-refractivity contribution in [2.75, 3.05) is 33.0 Å². The van der Waals surface area contributed by atoms with Crippen LogP contribution >= 0.6 is 0 Å². The van der Waals surface area contributed by atoms with Crippen LogP contribution in [0.3, 0.4) is 0 Å². The summed E-state index contributed by atoms with van der Waals surface area (Å²) in [6.45, 7) is 27.4. The van der Waals surface area contributed by atoms with Crippen molar-refractivity contribution in [2.24, 2.45) is 160 Å². The molecule has 0 aliphatic heterocycles. The van der Waals surface area contributed by atoms with E-state index < -0.39 is 194 Å². The van der Waals surface area contributed by atoms with Crippen LogP contribution in [0.15, 0.2) is 119 Å². The fourth-order valence-electron chi connectivity index (χ4n) is 36.6. The number of ketones is 10. The summed E-state index contributed by atoms with van der Waals surface area (Å²) in [6.07, 6.45) is 30.7. The van der Waals surface area contributed by atoms with E-state index in [0.29, 0.717) is 117 Å². The second-order valence-corrected chi connectivity index (χ2v) is 49.1. The number of aliphatic hydroxyl groups is 13. The molecule has 23 nitrogen and oxygen atoms in total. The highest BCUT2D eigenvalue weighted by Crippen LogP contribution is 2.78. The van der Waals surface area contributed by atoms with Gasteiger partial charge in [-0.05, 0) is 292 Å². The van der Waals surface area contributed by atoms with E-state index in [1.807, 2.05) is 26.0 Å². The summed E-state index contributed by atoms with van der Waals surface area (Å²) in [7, 11) is 0. The van der Waals surface area contributed by atoms with Gasteiger partial charge in [-0.1, -0.05) is 148 Å². The fourth-order valence-corrected chi connectivity index (χ4v) is 36.6. The van der Waals surface area contributed by atoms with Crippen LogP contribution in [-0.4, -0.2) is 222 Å². The van der Waals surface area contributed by atoms with Crippen molar-refractivity contribution in [2.45, 2.75) is 310 Å². The third-order valence-corrected chi connectivity index (χ3v) is 44.4. The standard InChI is InChI=1S/C23H32O4.3C22H29FO5.C22H30O4/c1-13-9-15-16-6-8-22(3,19(27)12-24)23(16,4)11-18(26)20(15)21(2)7-5-14(25)10-17(13)21;3*1-12-8-16-15-5-4-13-9-14(25)6-7-19(13,2)21(15,23)17(26)10-20(16,3)22(12,28)18(27)11-24;1-20-8-6-14(24)10-13(20)4-5-15-16-7-9-21(2,18(26)12-23)22(16,3)11-17(25)19(15)20/h5,7,10,13,15-16,18,20,24,26H,6,8-9,11-12H2,1-4H3;3*6-7,9,12,15-17,24,26,28H,4-5,8,10-11H2,1-3H3;6,8,10,15-17,19,23,25H,4-5,7,9,11-12H2,1-3H3/t13-,15-,16-,18-,20+,21-,22+,23-;2*12-,15+,16+,17+,19+,20+,21+,22+;12-,15-,16-,17-,19-,20-,21-,22-;15-,16-,17-,19+,20-,21+,22-/m01100/s1. The zero-order chi connectivity index (χ0) is 101. The number of hydrogen-bond acceptors (Lipinski definition) is 23. The molecule has 0 aromatic rings. The van der Waals surface area contributed by atoms with Gasteiger partial charge in [0.05, 0.1) is 30.5 Å². The Balaban J connectivity index is 0.000000124. The molecule has 0 amide bonds. The van der Waals surface area contributed by atoms with Crippen molar-refractivity contribution in [3.05, 3.63) is 119 Å². The molecule has 137 heavy (non-hydrogen) atoms. The Labute approximate surface area is 802 Å². The lowest BCUT2D eigenvalue weighted by atomic mass is 9.43. The second kappa shape index (κ2) is 34.0. The topological polar surface area (TPSA) is 434 Å². The van der Waals surface area contributed by atoms with Gasteiger partial charge in [-0.15, -0.1) is 0 Å². The van der Waals surface area contributed by atoms with Gasteiger partial charge in [-0.3, -0.25) is 47.9 Å². The first-order valence-electron chi connectivity index (χ1n) is 50.7. The molecule has 0 spiro atoms. The van der Waals surface area contributed by atoms with Crippen LogP contribution in [0.1, 0.15) is 246 Å². The molecule has 13 N–H and O–H groups in total. The summed E-state index contributed by atoms with van der Waals surface area (Å²) in [6, 6.07) is 0. The molecular weight excluding hydrogens is 1760 g/mol. The third kappa shape index (κ3) is 13.5. The van der Waals surface area contributed by atoms with Crippen LogP contribution in [0, 0.1) is 160 Å². The molecule has 20 aliphatic carbocycles. The minimum absolute atomic E-state index is 0.0462. The van der Waals surface area contributed by atoms with Crippen LogP contribution in [-0.2, 0) is 47.9 Å². The van der Waals surface area contributed by atoms with Crippen molar-refractivity contribution in [1.82, 2.24) is 0 Å². The number of aliphatic hydroxyl groups excluding tert-OH is 10. The van der Waals surface area contributed by atoms with Gasteiger partial charge in [-0.25, -0.2) is 13.2 Å². The maximum Gasteiger partial charge on any atom is 0.190 e.